The fraction of sp³-hybridized carbons (Fsp3) is 0.214. The van der Waals surface area contributed by atoms with Crippen LogP contribution < -0.4 is 0 Å². The van der Waals surface area contributed by atoms with Crippen LogP contribution in [0.3, 0.4) is 0 Å². The fourth-order valence-corrected chi connectivity index (χ4v) is 2.03. The summed E-state index contributed by atoms with van der Waals surface area (Å²) in [5, 5.41) is 11.4. The first kappa shape index (κ1) is 12.0. The van der Waals surface area contributed by atoms with Crippen molar-refractivity contribution in [3.8, 4) is 0 Å². The van der Waals surface area contributed by atoms with Gasteiger partial charge in [-0.25, -0.2) is 0 Å². The maximum absolute atomic E-state index is 5.17. The Hall–Kier alpha value is -2.01. The molecule has 1 aliphatic carbocycles. The number of aromatic amines is 1. The van der Waals surface area contributed by atoms with E-state index >= 15 is 0 Å². The Labute approximate surface area is 116 Å². The van der Waals surface area contributed by atoms with Crippen molar-refractivity contribution in [3.63, 3.8) is 0 Å². The molecule has 0 spiro atoms. The van der Waals surface area contributed by atoms with Crippen LogP contribution in [0.2, 0.25) is 0 Å². The van der Waals surface area contributed by atoms with Crippen LogP contribution in [0.25, 0.3) is 6.08 Å². The third-order valence-corrected chi connectivity index (χ3v) is 3.24. The van der Waals surface area contributed by atoms with E-state index in [0.29, 0.717) is 10.7 Å². The summed E-state index contributed by atoms with van der Waals surface area (Å²) in [6, 6.07) is 10.1. The molecule has 1 saturated carbocycles. The molecule has 1 aromatic carbocycles. The van der Waals surface area contributed by atoms with E-state index in [0.717, 1.165) is 11.4 Å². The van der Waals surface area contributed by atoms with Crippen molar-refractivity contribution in [2.75, 3.05) is 0 Å². The van der Waals surface area contributed by atoms with E-state index in [-0.39, 0.29) is 0 Å². The van der Waals surface area contributed by atoms with Gasteiger partial charge < -0.3 is 0 Å². The fourth-order valence-electron chi connectivity index (χ4n) is 1.84. The number of hydrogen-bond acceptors (Lipinski definition) is 3. The van der Waals surface area contributed by atoms with Gasteiger partial charge in [-0.2, -0.15) is 14.9 Å². The minimum absolute atomic E-state index is 0.517. The molecule has 96 valence electrons. The van der Waals surface area contributed by atoms with Crippen molar-refractivity contribution in [2.24, 2.45) is 5.10 Å². The molecule has 1 aliphatic rings. The first-order chi connectivity index (χ1) is 9.34. The Kier molecular flexibility index (Phi) is 3.37. The standard InChI is InChI=1S/C14H14N4S/c19-14-17-16-13(12-8-9-12)18(14)15-10-4-7-11-5-2-1-3-6-11/h1-7,10,12H,8-9H2,(H,17,19)/b7-4+,15-10-. The SMILES string of the molecule is S=c1[nH]nc(C2CC2)n1/N=C\C=C\c1ccccc1. The van der Waals surface area contributed by atoms with Crippen molar-refractivity contribution in [1.82, 2.24) is 14.9 Å². The number of allylic oxidation sites excluding steroid dienone is 1. The summed E-state index contributed by atoms with van der Waals surface area (Å²) in [6.45, 7) is 0. The molecule has 3 rings (SSSR count). The van der Waals surface area contributed by atoms with E-state index in [9.17, 15) is 0 Å². The number of benzene rings is 1. The second-order valence-electron chi connectivity index (χ2n) is 4.51. The zero-order valence-electron chi connectivity index (χ0n) is 10.4. The predicted octanol–water partition coefficient (Wildman–Crippen LogP) is 3.37. The molecule has 19 heavy (non-hydrogen) atoms. The number of H-pyrrole nitrogens is 1. The molecule has 4 nitrogen and oxygen atoms in total. The summed E-state index contributed by atoms with van der Waals surface area (Å²) in [6.07, 6.45) is 8.00. The molecule has 0 saturated heterocycles. The van der Waals surface area contributed by atoms with Crippen LogP contribution in [-0.4, -0.2) is 21.1 Å². The van der Waals surface area contributed by atoms with Crippen molar-refractivity contribution in [3.05, 3.63) is 52.6 Å². The molecule has 0 bridgehead atoms. The normalized spacial score (nSPS) is 15.6. The third kappa shape index (κ3) is 2.88. The maximum Gasteiger partial charge on any atom is 0.216 e. The molecule has 0 aliphatic heterocycles. The summed E-state index contributed by atoms with van der Waals surface area (Å²) >= 11 is 5.17. The molecule has 1 heterocycles. The van der Waals surface area contributed by atoms with Gasteiger partial charge in [-0.3, -0.25) is 5.10 Å². The number of nitrogens with one attached hydrogen (secondary N) is 1. The first-order valence-electron chi connectivity index (χ1n) is 6.28. The molecule has 1 aromatic heterocycles. The van der Waals surface area contributed by atoms with Crippen molar-refractivity contribution in [2.45, 2.75) is 18.8 Å². The Morgan fingerprint density at radius 3 is 2.84 bits per heavy atom. The Balaban J connectivity index is 1.75. The largest absolute Gasteiger partial charge is 0.250 e. The van der Waals surface area contributed by atoms with Gasteiger partial charge in [0.1, 0.15) is 0 Å². The van der Waals surface area contributed by atoms with Gasteiger partial charge in [-0.1, -0.05) is 36.4 Å². The number of aromatic nitrogens is 3. The summed E-state index contributed by atoms with van der Waals surface area (Å²) in [5.41, 5.74) is 1.15. The van der Waals surface area contributed by atoms with Crippen LogP contribution in [0.1, 0.15) is 30.1 Å². The van der Waals surface area contributed by atoms with Gasteiger partial charge in [-0.05, 0) is 36.7 Å². The van der Waals surface area contributed by atoms with Gasteiger partial charge in [0.05, 0.1) is 0 Å². The molecule has 0 radical (unpaired) electrons. The number of nitrogens with zero attached hydrogens (tertiary/aromatic N) is 3. The monoisotopic (exact) mass is 270 g/mol. The van der Waals surface area contributed by atoms with E-state index < -0.39 is 0 Å². The van der Waals surface area contributed by atoms with Crippen molar-refractivity contribution < 1.29 is 0 Å². The lowest BCUT2D eigenvalue weighted by Gasteiger charge is -1.95. The minimum atomic E-state index is 0.517. The Bertz CT molecular complexity index is 662. The predicted molar refractivity (Wildman–Crippen MR) is 78.8 cm³/mol. The number of rotatable bonds is 4. The highest BCUT2D eigenvalue weighted by atomic mass is 32.1. The van der Waals surface area contributed by atoms with Crippen molar-refractivity contribution >= 4 is 24.5 Å². The van der Waals surface area contributed by atoms with E-state index in [1.54, 1.807) is 10.9 Å². The van der Waals surface area contributed by atoms with Crippen LogP contribution in [0.4, 0.5) is 0 Å². The van der Waals surface area contributed by atoms with E-state index in [1.165, 1.54) is 12.8 Å². The quantitative estimate of drug-likeness (QED) is 0.684. The third-order valence-electron chi connectivity index (χ3n) is 2.97. The summed E-state index contributed by atoms with van der Waals surface area (Å²) < 4.78 is 2.26. The Morgan fingerprint density at radius 2 is 2.11 bits per heavy atom. The summed E-state index contributed by atoms with van der Waals surface area (Å²) in [4.78, 5) is 0. The van der Waals surface area contributed by atoms with Gasteiger partial charge in [0.2, 0.25) is 4.77 Å². The Morgan fingerprint density at radius 1 is 1.32 bits per heavy atom. The van der Waals surface area contributed by atoms with E-state index in [1.807, 2.05) is 42.5 Å². The molecule has 0 unspecified atom stereocenters. The van der Waals surface area contributed by atoms with Crippen LogP contribution in [0.15, 0.2) is 41.5 Å². The van der Waals surface area contributed by atoms with Gasteiger partial charge >= 0.3 is 0 Å². The molecule has 2 aromatic rings. The highest BCUT2D eigenvalue weighted by Gasteiger charge is 2.29. The van der Waals surface area contributed by atoms with Crippen LogP contribution in [-0.2, 0) is 0 Å². The van der Waals surface area contributed by atoms with Gasteiger partial charge in [0, 0.05) is 12.1 Å². The topological polar surface area (TPSA) is 46.0 Å². The second-order valence-corrected chi connectivity index (χ2v) is 4.89. The maximum atomic E-state index is 5.17. The molecular weight excluding hydrogens is 256 g/mol. The summed E-state index contributed by atoms with van der Waals surface area (Å²) in [5.74, 6) is 1.46. The molecule has 0 amide bonds. The highest BCUT2D eigenvalue weighted by molar-refractivity contribution is 7.71. The zero-order valence-corrected chi connectivity index (χ0v) is 11.2. The van der Waals surface area contributed by atoms with Crippen LogP contribution in [0.5, 0.6) is 0 Å². The van der Waals surface area contributed by atoms with Crippen LogP contribution >= 0.6 is 12.2 Å². The lowest BCUT2D eigenvalue weighted by Crippen LogP contribution is -1.95. The average molecular weight is 270 g/mol. The second kappa shape index (κ2) is 5.32. The van der Waals surface area contributed by atoms with Crippen LogP contribution in [0, 0.1) is 4.77 Å². The molecule has 1 N–H and O–H groups in total. The van der Waals surface area contributed by atoms with Gasteiger partial charge in [0.25, 0.3) is 0 Å². The highest BCUT2D eigenvalue weighted by Crippen LogP contribution is 2.38. The molecule has 5 heteroatoms. The van der Waals surface area contributed by atoms with E-state index in [2.05, 4.69) is 15.3 Å². The number of hydrogen-bond donors (Lipinski definition) is 1. The lowest BCUT2D eigenvalue weighted by molar-refractivity contribution is 0.773. The molecular formula is C14H14N4S. The minimum Gasteiger partial charge on any atom is -0.250 e. The van der Waals surface area contributed by atoms with Crippen molar-refractivity contribution in [1.29, 1.82) is 0 Å². The first-order valence-corrected chi connectivity index (χ1v) is 6.69. The van der Waals surface area contributed by atoms with Gasteiger partial charge in [0.15, 0.2) is 5.82 Å². The molecule has 1 fully saturated rings. The average Bonchev–Trinajstić information content (AvgIpc) is 3.21. The van der Waals surface area contributed by atoms with Gasteiger partial charge in [-0.15, -0.1) is 0 Å². The summed E-state index contributed by atoms with van der Waals surface area (Å²) in [7, 11) is 0. The smallest absolute Gasteiger partial charge is 0.216 e. The molecule has 0 atom stereocenters. The van der Waals surface area contributed by atoms with E-state index in [4.69, 9.17) is 12.2 Å². The zero-order chi connectivity index (χ0) is 13.1. The lowest BCUT2D eigenvalue weighted by atomic mass is 10.2.